The number of carbonyl (C=O) groups excluding carboxylic acids is 1. The third-order valence-electron chi connectivity index (χ3n) is 1.85. The highest BCUT2D eigenvalue weighted by molar-refractivity contribution is 8.00. The van der Waals surface area contributed by atoms with Crippen molar-refractivity contribution >= 4 is 41.1 Å². The Bertz CT molecular complexity index is 494. The average molecular weight is 325 g/mol. The molecule has 4 nitrogen and oxygen atoms in total. The third kappa shape index (κ3) is 6.71. The minimum atomic E-state index is -4.45. The van der Waals surface area contributed by atoms with Crippen molar-refractivity contribution in [2.45, 2.75) is 10.4 Å². The molecule has 0 saturated heterocycles. The van der Waals surface area contributed by atoms with Crippen LogP contribution < -0.4 is 5.32 Å². The summed E-state index contributed by atoms with van der Waals surface area (Å²) < 4.78 is 37.0. The standard InChI is InChI=1S/C11H10F3NO3S2/c12-11(13,14)20-8-4-2-1-3-7(8)15-9(16)5-19-6-10(17)18/h1-4H,5-6H2,(H,15,16)(H,17,18). The molecule has 110 valence electrons. The Morgan fingerprint density at radius 1 is 1.20 bits per heavy atom. The van der Waals surface area contributed by atoms with Gasteiger partial charge in [0.05, 0.1) is 17.2 Å². The second-order valence-electron chi connectivity index (χ2n) is 3.48. The van der Waals surface area contributed by atoms with E-state index in [1.165, 1.54) is 24.3 Å². The normalized spacial score (nSPS) is 11.2. The highest BCUT2D eigenvalue weighted by Crippen LogP contribution is 2.40. The topological polar surface area (TPSA) is 66.4 Å². The van der Waals surface area contributed by atoms with Crippen LogP contribution in [0.25, 0.3) is 0 Å². The van der Waals surface area contributed by atoms with E-state index in [9.17, 15) is 22.8 Å². The summed E-state index contributed by atoms with van der Waals surface area (Å²) in [7, 11) is 0. The predicted octanol–water partition coefficient (Wildman–Crippen LogP) is 3.05. The molecule has 0 aromatic heterocycles. The summed E-state index contributed by atoms with van der Waals surface area (Å²) in [4.78, 5) is 21.7. The van der Waals surface area contributed by atoms with E-state index in [-0.39, 0.29) is 33.9 Å². The Hall–Kier alpha value is -1.35. The number of carboxylic acids is 1. The van der Waals surface area contributed by atoms with Gasteiger partial charge in [0.2, 0.25) is 5.91 Å². The molecule has 0 bridgehead atoms. The van der Waals surface area contributed by atoms with Crippen molar-refractivity contribution in [3.63, 3.8) is 0 Å². The molecular weight excluding hydrogens is 315 g/mol. The fourth-order valence-corrected chi connectivity index (χ4v) is 2.36. The van der Waals surface area contributed by atoms with Crippen molar-refractivity contribution in [3.8, 4) is 0 Å². The lowest BCUT2D eigenvalue weighted by molar-refractivity contribution is -0.133. The number of halogens is 3. The van der Waals surface area contributed by atoms with Crippen molar-refractivity contribution < 1.29 is 27.9 Å². The second kappa shape index (κ2) is 7.44. The van der Waals surface area contributed by atoms with Crippen LogP contribution in [0.5, 0.6) is 0 Å². The molecule has 0 fully saturated rings. The van der Waals surface area contributed by atoms with Crippen molar-refractivity contribution in [1.82, 2.24) is 0 Å². The van der Waals surface area contributed by atoms with Crippen LogP contribution in [0.15, 0.2) is 29.2 Å². The zero-order chi connectivity index (χ0) is 15.2. The van der Waals surface area contributed by atoms with Crippen LogP contribution >= 0.6 is 23.5 Å². The van der Waals surface area contributed by atoms with Crippen molar-refractivity contribution in [2.24, 2.45) is 0 Å². The van der Waals surface area contributed by atoms with Gasteiger partial charge in [-0.15, -0.1) is 11.8 Å². The van der Waals surface area contributed by atoms with Crippen LogP contribution in [0.3, 0.4) is 0 Å². The first-order valence-corrected chi connectivity index (χ1v) is 7.19. The molecule has 0 saturated carbocycles. The first-order valence-electron chi connectivity index (χ1n) is 5.22. The average Bonchev–Trinajstić information content (AvgIpc) is 2.29. The molecule has 0 unspecified atom stereocenters. The first-order chi connectivity index (χ1) is 9.28. The highest BCUT2D eigenvalue weighted by Gasteiger charge is 2.30. The summed E-state index contributed by atoms with van der Waals surface area (Å²) in [6.45, 7) is 0. The van der Waals surface area contributed by atoms with E-state index in [2.05, 4.69) is 5.32 Å². The van der Waals surface area contributed by atoms with E-state index in [1.54, 1.807) is 0 Å². The second-order valence-corrected chi connectivity index (χ2v) is 5.57. The van der Waals surface area contributed by atoms with Crippen LogP contribution in [0.2, 0.25) is 0 Å². The number of para-hydroxylation sites is 1. The molecule has 0 heterocycles. The van der Waals surface area contributed by atoms with Gasteiger partial charge in [-0.25, -0.2) is 0 Å². The number of rotatable bonds is 6. The summed E-state index contributed by atoms with van der Waals surface area (Å²) >= 11 is 0.550. The monoisotopic (exact) mass is 325 g/mol. The molecule has 0 aliphatic carbocycles. The Labute approximate surface area is 121 Å². The van der Waals surface area contributed by atoms with Crippen LogP contribution in [-0.4, -0.2) is 34.0 Å². The van der Waals surface area contributed by atoms with Crippen LogP contribution in [0.4, 0.5) is 18.9 Å². The van der Waals surface area contributed by atoms with Crippen molar-refractivity contribution in [2.75, 3.05) is 16.8 Å². The number of carbonyl (C=O) groups is 2. The van der Waals surface area contributed by atoms with Gasteiger partial charge in [0.25, 0.3) is 0 Å². The fourth-order valence-electron chi connectivity index (χ4n) is 1.20. The molecule has 0 atom stereocenters. The lowest BCUT2D eigenvalue weighted by atomic mass is 10.3. The molecule has 1 amide bonds. The van der Waals surface area contributed by atoms with Gasteiger partial charge in [-0.1, -0.05) is 12.1 Å². The molecule has 2 N–H and O–H groups in total. The number of aliphatic carboxylic acids is 1. The predicted molar refractivity (Wildman–Crippen MR) is 71.9 cm³/mol. The summed E-state index contributed by atoms with van der Waals surface area (Å²) in [6, 6.07) is 5.54. The number of alkyl halides is 3. The number of thioether (sulfide) groups is 2. The summed E-state index contributed by atoms with van der Waals surface area (Å²) in [5.74, 6) is -1.99. The molecule has 0 aliphatic rings. The maximum absolute atomic E-state index is 12.3. The van der Waals surface area contributed by atoms with E-state index in [0.717, 1.165) is 11.8 Å². The third-order valence-corrected chi connectivity index (χ3v) is 3.57. The van der Waals surface area contributed by atoms with Gasteiger partial charge in [0.1, 0.15) is 0 Å². The SMILES string of the molecule is O=C(O)CSCC(=O)Nc1ccccc1SC(F)(F)F. The zero-order valence-corrected chi connectivity index (χ0v) is 11.6. The quantitative estimate of drug-likeness (QED) is 0.787. The van der Waals surface area contributed by atoms with Gasteiger partial charge in [0, 0.05) is 4.90 Å². The fraction of sp³-hybridized carbons (Fsp3) is 0.273. The smallest absolute Gasteiger partial charge is 0.446 e. The van der Waals surface area contributed by atoms with Gasteiger partial charge in [-0.3, -0.25) is 9.59 Å². The van der Waals surface area contributed by atoms with Crippen LogP contribution in [-0.2, 0) is 9.59 Å². The molecule has 1 aromatic rings. The minimum absolute atomic E-state index is 0.0516. The van der Waals surface area contributed by atoms with Crippen molar-refractivity contribution in [1.29, 1.82) is 0 Å². The van der Waals surface area contributed by atoms with E-state index in [0.29, 0.717) is 0 Å². The van der Waals surface area contributed by atoms with E-state index in [1.807, 2.05) is 0 Å². The summed E-state index contributed by atoms with van der Waals surface area (Å²) in [6.07, 6.45) is 0. The molecule has 0 aliphatic heterocycles. The highest BCUT2D eigenvalue weighted by atomic mass is 32.2. The van der Waals surface area contributed by atoms with Gasteiger partial charge in [-0.05, 0) is 23.9 Å². The molecule has 20 heavy (non-hydrogen) atoms. The van der Waals surface area contributed by atoms with Gasteiger partial charge in [-0.2, -0.15) is 13.2 Å². The zero-order valence-electron chi connectivity index (χ0n) is 9.94. The number of anilines is 1. The molecular formula is C11H10F3NO3S2. The first kappa shape index (κ1) is 16.7. The Kier molecular flexibility index (Phi) is 6.21. The van der Waals surface area contributed by atoms with Gasteiger partial charge in [0.15, 0.2) is 0 Å². The summed E-state index contributed by atoms with van der Waals surface area (Å²) in [5, 5.41) is 10.7. The molecule has 1 aromatic carbocycles. The lowest BCUT2D eigenvalue weighted by Gasteiger charge is -2.11. The van der Waals surface area contributed by atoms with Crippen LogP contribution in [0, 0.1) is 0 Å². The number of hydrogen-bond donors (Lipinski definition) is 2. The largest absolute Gasteiger partial charge is 0.481 e. The number of carboxylic acid groups (broad SMARTS) is 1. The van der Waals surface area contributed by atoms with E-state index < -0.39 is 17.4 Å². The number of amides is 1. The Morgan fingerprint density at radius 2 is 1.85 bits per heavy atom. The number of benzene rings is 1. The van der Waals surface area contributed by atoms with Crippen LogP contribution in [0.1, 0.15) is 0 Å². The lowest BCUT2D eigenvalue weighted by Crippen LogP contribution is -2.16. The van der Waals surface area contributed by atoms with Gasteiger partial charge < -0.3 is 10.4 Å². The van der Waals surface area contributed by atoms with E-state index in [4.69, 9.17) is 5.11 Å². The maximum atomic E-state index is 12.3. The number of hydrogen-bond acceptors (Lipinski definition) is 4. The minimum Gasteiger partial charge on any atom is -0.481 e. The van der Waals surface area contributed by atoms with Crippen molar-refractivity contribution in [3.05, 3.63) is 24.3 Å². The Balaban J connectivity index is 2.63. The summed E-state index contributed by atoms with van der Waals surface area (Å²) in [5.41, 5.74) is -4.39. The molecule has 0 spiro atoms. The number of nitrogens with one attached hydrogen (secondary N) is 1. The maximum Gasteiger partial charge on any atom is 0.446 e. The molecule has 1 rings (SSSR count). The Morgan fingerprint density at radius 3 is 2.45 bits per heavy atom. The molecule has 9 heteroatoms. The van der Waals surface area contributed by atoms with Gasteiger partial charge >= 0.3 is 11.5 Å². The molecule has 0 radical (unpaired) electrons. The van der Waals surface area contributed by atoms with E-state index >= 15 is 0 Å².